The number of hydrogen-bond acceptors (Lipinski definition) is 2. The van der Waals surface area contributed by atoms with Crippen molar-refractivity contribution in [1.29, 1.82) is 0 Å². The van der Waals surface area contributed by atoms with Crippen molar-refractivity contribution in [1.82, 2.24) is 5.32 Å². The molecule has 0 bridgehead atoms. The molecule has 76 valence electrons. The summed E-state index contributed by atoms with van der Waals surface area (Å²) in [5.41, 5.74) is 1.71. The predicted molar refractivity (Wildman–Crippen MR) is 56.0 cm³/mol. The van der Waals surface area contributed by atoms with Crippen LogP contribution in [0.1, 0.15) is 5.56 Å². The molecule has 0 unspecified atom stereocenters. The first-order chi connectivity index (χ1) is 6.75. The smallest absolute Gasteiger partial charge is 0.126 e. The highest BCUT2D eigenvalue weighted by Crippen LogP contribution is 2.14. The van der Waals surface area contributed by atoms with Gasteiger partial charge in [0.05, 0.1) is 0 Å². The van der Waals surface area contributed by atoms with E-state index in [-0.39, 0.29) is 5.82 Å². The van der Waals surface area contributed by atoms with Crippen LogP contribution >= 0.6 is 0 Å². The minimum Gasteiger partial charge on any atom is -0.385 e. The van der Waals surface area contributed by atoms with Gasteiger partial charge in [0.25, 0.3) is 0 Å². The lowest BCUT2D eigenvalue weighted by Crippen LogP contribution is -2.45. The van der Waals surface area contributed by atoms with Crippen LogP contribution in [0.4, 0.5) is 10.1 Å². The molecular weight excluding hydrogens is 179 g/mol. The van der Waals surface area contributed by atoms with E-state index in [1.165, 1.54) is 6.07 Å². The monoisotopic (exact) mass is 194 g/mol. The summed E-state index contributed by atoms with van der Waals surface area (Å²) in [4.78, 5) is 0. The molecule has 0 aromatic heterocycles. The Bertz CT molecular complexity index is 321. The van der Waals surface area contributed by atoms with E-state index in [1.54, 1.807) is 13.0 Å². The Morgan fingerprint density at radius 1 is 1.50 bits per heavy atom. The molecule has 1 aromatic carbocycles. The molecule has 14 heavy (non-hydrogen) atoms. The average Bonchev–Trinajstić information content (AvgIpc) is 2.08. The van der Waals surface area contributed by atoms with Gasteiger partial charge in [-0.05, 0) is 30.7 Å². The minimum atomic E-state index is -0.138. The van der Waals surface area contributed by atoms with Crippen LogP contribution in [-0.4, -0.2) is 19.6 Å². The van der Waals surface area contributed by atoms with E-state index >= 15 is 0 Å². The van der Waals surface area contributed by atoms with Crippen molar-refractivity contribution in [3.05, 3.63) is 29.6 Å². The van der Waals surface area contributed by atoms with Crippen molar-refractivity contribution in [2.24, 2.45) is 5.92 Å². The Hall–Kier alpha value is -1.09. The van der Waals surface area contributed by atoms with Crippen molar-refractivity contribution >= 4 is 5.69 Å². The highest BCUT2D eigenvalue weighted by atomic mass is 19.1. The van der Waals surface area contributed by atoms with Crippen molar-refractivity contribution in [2.45, 2.75) is 6.92 Å². The standard InChI is InChI=1S/C11H15FN2/c1-8-4-10(2-3-11(8)12)14-7-9-5-13-6-9/h2-4,9,13-14H,5-7H2,1H3. The van der Waals surface area contributed by atoms with Crippen LogP contribution < -0.4 is 10.6 Å². The van der Waals surface area contributed by atoms with Gasteiger partial charge in [0, 0.05) is 31.2 Å². The number of anilines is 1. The molecule has 1 heterocycles. The van der Waals surface area contributed by atoms with E-state index in [4.69, 9.17) is 0 Å². The first-order valence-corrected chi connectivity index (χ1v) is 4.96. The molecule has 1 aliphatic heterocycles. The largest absolute Gasteiger partial charge is 0.385 e. The number of nitrogens with one attached hydrogen (secondary N) is 2. The van der Waals surface area contributed by atoms with Crippen LogP contribution in [0, 0.1) is 18.7 Å². The third-order valence-electron chi connectivity index (χ3n) is 2.62. The average molecular weight is 194 g/mol. The zero-order valence-corrected chi connectivity index (χ0v) is 8.31. The van der Waals surface area contributed by atoms with Crippen LogP contribution in [0.5, 0.6) is 0 Å². The van der Waals surface area contributed by atoms with Crippen molar-refractivity contribution in [3.63, 3.8) is 0 Å². The fraction of sp³-hybridized carbons (Fsp3) is 0.455. The van der Waals surface area contributed by atoms with Crippen LogP contribution in [0.15, 0.2) is 18.2 Å². The second-order valence-electron chi connectivity index (χ2n) is 3.87. The maximum absolute atomic E-state index is 12.9. The number of rotatable bonds is 3. The molecule has 0 aliphatic carbocycles. The number of halogens is 1. The summed E-state index contributed by atoms with van der Waals surface area (Å²) in [5.74, 6) is 0.584. The van der Waals surface area contributed by atoms with Crippen molar-refractivity contribution < 1.29 is 4.39 Å². The zero-order chi connectivity index (χ0) is 9.97. The van der Waals surface area contributed by atoms with E-state index in [0.717, 1.165) is 31.2 Å². The zero-order valence-electron chi connectivity index (χ0n) is 8.31. The maximum Gasteiger partial charge on any atom is 0.126 e. The summed E-state index contributed by atoms with van der Waals surface area (Å²) in [6.45, 7) is 4.93. The van der Waals surface area contributed by atoms with E-state index in [2.05, 4.69) is 10.6 Å². The van der Waals surface area contributed by atoms with E-state index < -0.39 is 0 Å². The molecule has 2 N–H and O–H groups in total. The molecule has 1 fully saturated rings. The summed E-state index contributed by atoms with van der Waals surface area (Å²) in [6, 6.07) is 5.15. The molecule has 0 saturated carbocycles. The van der Waals surface area contributed by atoms with Gasteiger partial charge in [-0.15, -0.1) is 0 Å². The normalized spacial score (nSPS) is 16.4. The minimum absolute atomic E-state index is 0.138. The third kappa shape index (κ3) is 2.04. The first kappa shape index (κ1) is 9.46. The van der Waals surface area contributed by atoms with Crippen LogP contribution in [-0.2, 0) is 0 Å². The highest BCUT2D eigenvalue weighted by molar-refractivity contribution is 5.45. The third-order valence-corrected chi connectivity index (χ3v) is 2.62. The molecule has 2 nitrogen and oxygen atoms in total. The molecular formula is C11H15FN2. The lowest BCUT2D eigenvalue weighted by Gasteiger charge is -2.27. The molecule has 0 radical (unpaired) electrons. The topological polar surface area (TPSA) is 24.1 Å². The quantitative estimate of drug-likeness (QED) is 0.766. The molecule has 3 heteroatoms. The van der Waals surface area contributed by atoms with Crippen molar-refractivity contribution in [3.8, 4) is 0 Å². The Kier molecular flexibility index (Phi) is 2.68. The predicted octanol–water partition coefficient (Wildman–Crippen LogP) is 1.77. The molecule has 0 atom stereocenters. The van der Waals surface area contributed by atoms with Gasteiger partial charge >= 0.3 is 0 Å². The maximum atomic E-state index is 12.9. The Balaban J connectivity index is 1.91. The lowest BCUT2D eigenvalue weighted by atomic mass is 10.0. The summed E-state index contributed by atoms with van der Waals surface area (Å²) in [6.07, 6.45) is 0. The fourth-order valence-electron chi connectivity index (χ4n) is 1.51. The fourth-order valence-corrected chi connectivity index (χ4v) is 1.51. The van der Waals surface area contributed by atoms with Gasteiger partial charge < -0.3 is 10.6 Å². The van der Waals surface area contributed by atoms with Gasteiger partial charge in [-0.3, -0.25) is 0 Å². The summed E-state index contributed by atoms with van der Waals surface area (Å²) in [5, 5.41) is 6.53. The Morgan fingerprint density at radius 2 is 2.29 bits per heavy atom. The molecule has 0 spiro atoms. The van der Waals surface area contributed by atoms with Gasteiger partial charge in [-0.1, -0.05) is 0 Å². The molecule has 0 amide bonds. The van der Waals surface area contributed by atoms with Crippen LogP contribution in [0.25, 0.3) is 0 Å². The van der Waals surface area contributed by atoms with Gasteiger partial charge in [0.2, 0.25) is 0 Å². The number of benzene rings is 1. The number of aryl methyl sites for hydroxylation is 1. The Morgan fingerprint density at radius 3 is 2.86 bits per heavy atom. The highest BCUT2D eigenvalue weighted by Gasteiger charge is 2.15. The summed E-state index contributed by atoms with van der Waals surface area (Å²) < 4.78 is 12.9. The lowest BCUT2D eigenvalue weighted by molar-refractivity contribution is 0.365. The molecule has 2 rings (SSSR count). The van der Waals surface area contributed by atoms with Gasteiger partial charge in [-0.2, -0.15) is 0 Å². The van der Waals surface area contributed by atoms with Crippen molar-refractivity contribution in [2.75, 3.05) is 25.0 Å². The van der Waals surface area contributed by atoms with Gasteiger partial charge in [0.1, 0.15) is 5.82 Å². The van der Waals surface area contributed by atoms with Gasteiger partial charge in [-0.25, -0.2) is 4.39 Å². The molecule has 1 aromatic rings. The Labute approximate surface area is 83.5 Å². The molecule has 1 aliphatic rings. The van der Waals surface area contributed by atoms with Crippen LogP contribution in [0.3, 0.4) is 0 Å². The SMILES string of the molecule is Cc1cc(NCC2CNC2)ccc1F. The van der Waals surface area contributed by atoms with Gasteiger partial charge in [0.15, 0.2) is 0 Å². The number of hydrogen-bond donors (Lipinski definition) is 2. The van der Waals surface area contributed by atoms with E-state index in [1.807, 2.05) is 6.07 Å². The second kappa shape index (κ2) is 3.96. The first-order valence-electron chi connectivity index (χ1n) is 4.96. The van der Waals surface area contributed by atoms with E-state index in [0.29, 0.717) is 5.56 Å². The second-order valence-corrected chi connectivity index (χ2v) is 3.87. The molecule has 1 saturated heterocycles. The summed E-state index contributed by atoms with van der Waals surface area (Å²) in [7, 11) is 0. The summed E-state index contributed by atoms with van der Waals surface area (Å²) >= 11 is 0. The van der Waals surface area contributed by atoms with Crippen LogP contribution in [0.2, 0.25) is 0 Å². The van der Waals surface area contributed by atoms with E-state index in [9.17, 15) is 4.39 Å².